The van der Waals surface area contributed by atoms with Crippen LogP contribution in [-0.2, 0) is 16.1 Å². The van der Waals surface area contributed by atoms with Gasteiger partial charge in [-0.2, -0.15) is 0 Å². The Hall–Kier alpha value is -4.01. The zero-order valence-electron chi connectivity index (χ0n) is 26.8. The number of carboxylic acids is 1. The minimum Gasteiger partial charge on any atom is -0.496 e. The molecule has 1 heterocycles. The van der Waals surface area contributed by atoms with E-state index in [0.29, 0.717) is 29.4 Å². The monoisotopic (exact) mass is 617 g/mol. The first kappa shape index (κ1) is 32.4. The largest absolute Gasteiger partial charge is 0.496 e. The third-order valence-electron chi connectivity index (χ3n) is 9.67. The molecule has 2 fully saturated rings. The van der Waals surface area contributed by atoms with Gasteiger partial charge in [0, 0.05) is 10.9 Å². The van der Waals surface area contributed by atoms with Crippen LogP contribution >= 0.6 is 0 Å². The fraction of sp³-hybridized carbons (Fsp3) is 0.528. The van der Waals surface area contributed by atoms with Gasteiger partial charge in [-0.25, -0.2) is 0 Å². The van der Waals surface area contributed by atoms with Crippen LogP contribution in [0.3, 0.4) is 0 Å². The molecule has 0 spiro atoms. The lowest BCUT2D eigenvalue weighted by Crippen LogP contribution is -2.50. The number of carbonyl (C=O) groups is 3. The lowest BCUT2D eigenvalue weighted by Gasteiger charge is -2.35. The van der Waals surface area contributed by atoms with Gasteiger partial charge in [0.2, 0.25) is 5.91 Å². The molecule has 0 saturated heterocycles. The highest BCUT2D eigenvalue weighted by Gasteiger charge is 2.35. The predicted octanol–water partition coefficient (Wildman–Crippen LogP) is 6.56. The van der Waals surface area contributed by atoms with Crippen LogP contribution in [0.1, 0.15) is 98.3 Å². The van der Waals surface area contributed by atoms with E-state index in [2.05, 4.69) is 10.6 Å². The Balaban J connectivity index is 1.49. The van der Waals surface area contributed by atoms with Gasteiger partial charge in [0.1, 0.15) is 29.8 Å². The molecule has 2 atom stereocenters. The summed E-state index contributed by atoms with van der Waals surface area (Å²) in [4.78, 5) is 40.1. The number of carboxylic acid groups (broad SMARTS) is 1. The molecule has 2 aromatic carbocycles. The van der Waals surface area contributed by atoms with Crippen molar-refractivity contribution in [1.82, 2.24) is 15.2 Å². The number of carbonyl (C=O) groups excluding carboxylic acids is 2. The molecule has 0 aliphatic heterocycles. The van der Waals surface area contributed by atoms with Gasteiger partial charge in [0.15, 0.2) is 0 Å². The average Bonchev–Trinajstić information content (AvgIpc) is 3.41. The number of aromatic nitrogens is 1. The Morgan fingerprint density at radius 3 is 2.13 bits per heavy atom. The van der Waals surface area contributed by atoms with Crippen molar-refractivity contribution in [3.8, 4) is 11.5 Å². The summed E-state index contributed by atoms with van der Waals surface area (Å²) in [5.74, 6) is 0.118. The molecule has 2 saturated carbocycles. The molecule has 5 rings (SSSR count). The summed E-state index contributed by atoms with van der Waals surface area (Å²) in [6.07, 6.45) is 11.3. The van der Waals surface area contributed by atoms with Gasteiger partial charge >= 0.3 is 5.97 Å². The summed E-state index contributed by atoms with van der Waals surface area (Å²) in [6, 6.07) is 11.8. The van der Waals surface area contributed by atoms with Crippen molar-refractivity contribution >= 4 is 28.7 Å². The Kier molecular flexibility index (Phi) is 10.7. The summed E-state index contributed by atoms with van der Waals surface area (Å²) < 4.78 is 13.2. The number of amides is 2. The zero-order valence-corrected chi connectivity index (χ0v) is 26.8. The fourth-order valence-corrected chi connectivity index (χ4v) is 7.45. The summed E-state index contributed by atoms with van der Waals surface area (Å²) in [6.45, 7) is 1.63. The molecule has 3 aromatic rings. The maximum atomic E-state index is 14.4. The number of aliphatic carboxylic acids is 1. The topological polar surface area (TPSA) is 119 Å². The van der Waals surface area contributed by atoms with Gasteiger partial charge in [-0.15, -0.1) is 0 Å². The molecule has 0 bridgehead atoms. The molecule has 0 radical (unpaired) electrons. The van der Waals surface area contributed by atoms with Crippen LogP contribution in [0.4, 0.5) is 0 Å². The highest BCUT2D eigenvalue weighted by molar-refractivity contribution is 6.01. The number of methoxy groups -OCH3 is 2. The molecule has 2 amide bonds. The molecule has 9 nitrogen and oxygen atoms in total. The Morgan fingerprint density at radius 2 is 1.51 bits per heavy atom. The standard InChI is InChI=1S/C36H47N3O6/c1-23-18-30(44-2)33(31(19-23)45-3)34(25-14-8-5-9-15-25)38-35(42)27(20-24-12-6-4-7-13-24)37-36(43)29-21-26-16-10-11-17-28(26)39(29)22-32(40)41/h10-11,16-19,21,24-25,27,34H,4-9,12-15,20,22H2,1-3H3,(H,37,43)(H,38,42)(H,40,41)/t27-,34-/m1/s1. The molecular formula is C36H47N3O6. The second-order valence-electron chi connectivity index (χ2n) is 12.8. The molecule has 0 unspecified atom stereocenters. The third-order valence-corrected chi connectivity index (χ3v) is 9.67. The highest BCUT2D eigenvalue weighted by atomic mass is 16.5. The first-order valence-corrected chi connectivity index (χ1v) is 16.4. The van der Waals surface area contributed by atoms with E-state index < -0.39 is 17.9 Å². The Morgan fingerprint density at radius 1 is 0.889 bits per heavy atom. The van der Waals surface area contributed by atoms with Crippen molar-refractivity contribution in [3.63, 3.8) is 0 Å². The van der Waals surface area contributed by atoms with E-state index >= 15 is 0 Å². The number of nitrogens with one attached hydrogen (secondary N) is 2. The number of fused-ring (bicyclic) bond motifs is 1. The van der Waals surface area contributed by atoms with E-state index in [1.54, 1.807) is 26.4 Å². The fourth-order valence-electron chi connectivity index (χ4n) is 7.45. The van der Waals surface area contributed by atoms with Crippen LogP contribution in [0.2, 0.25) is 0 Å². The lowest BCUT2D eigenvalue weighted by molar-refractivity contribution is -0.137. The van der Waals surface area contributed by atoms with Gasteiger partial charge in [0.05, 0.1) is 25.8 Å². The Bertz CT molecular complexity index is 1480. The van der Waals surface area contributed by atoms with Crippen molar-refractivity contribution in [2.75, 3.05) is 14.2 Å². The number of hydrogen-bond acceptors (Lipinski definition) is 5. The maximum Gasteiger partial charge on any atom is 0.323 e. The first-order valence-electron chi connectivity index (χ1n) is 16.4. The average molecular weight is 618 g/mol. The zero-order chi connectivity index (χ0) is 31.9. The molecule has 3 N–H and O–H groups in total. The van der Waals surface area contributed by atoms with Gasteiger partial charge in [-0.1, -0.05) is 69.6 Å². The normalized spacial score (nSPS) is 17.4. The molecule has 2 aliphatic carbocycles. The van der Waals surface area contributed by atoms with Crippen LogP contribution in [0.25, 0.3) is 10.9 Å². The van der Waals surface area contributed by atoms with E-state index in [4.69, 9.17) is 9.47 Å². The molecule has 242 valence electrons. The van der Waals surface area contributed by atoms with Crippen molar-refractivity contribution in [3.05, 3.63) is 59.3 Å². The SMILES string of the molecule is COc1cc(C)cc(OC)c1[C@H](NC(=O)[C@@H](CC1CCCCC1)NC(=O)c1cc2ccccc2n1CC(=O)O)C1CCCCC1. The van der Waals surface area contributed by atoms with Gasteiger partial charge in [-0.05, 0) is 67.9 Å². The second kappa shape index (κ2) is 14.8. The number of hydrogen-bond donors (Lipinski definition) is 3. The minimum absolute atomic E-state index is 0.192. The van der Waals surface area contributed by atoms with Gasteiger partial charge in [0.25, 0.3) is 5.91 Å². The number of para-hydroxylation sites is 1. The number of nitrogens with zero attached hydrogens (tertiary/aromatic N) is 1. The van der Waals surface area contributed by atoms with Crippen molar-refractivity contribution in [1.29, 1.82) is 0 Å². The highest BCUT2D eigenvalue weighted by Crippen LogP contribution is 2.43. The quantitative estimate of drug-likeness (QED) is 0.212. The van der Waals surface area contributed by atoms with E-state index in [9.17, 15) is 19.5 Å². The summed E-state index contributed by atoms with van der Waals surface area (Å²) >= 11 is 0. The lowest BCUT2D eigenvalue weighted by atomic mass is 9.80. The number of rotatable bonds is 12. The molecular weight excluding hydrogens is 570 g/mol. The summed E-state index contributed by atoms with van der Waals surface area (Å²) in [5, 5.41) is 16.8. The molecule has 45 heavy (non-hydrogen) atoms. The second-order valence-corrected chi connectivity index (χ2v) is 12.8. The van der Waals surface area contributed by atoms with E-state index in [0.717, 1.165) is 67.9 Å². The van der Waals surface area contributed by atoms with Crippen molar-refractivity contribution < 1.29 is 29.0 Å². The number of benzene rings is 2. The van der Waals surface area contributed by atoms with Crippen molar-refractivity contribution in [2.45, 2.75) is 96.2 Å². The van der Waals surface area contributed by atoms with E-state index in [1.165, 1.54) is 17.4 Å². The maximum absolute atomic E-state index is 14.4. The van der Waals surface area contributed by atoms with Gasteiger partial charge < -0.3 is 29.8 Å². The summed E-state index contributed by atoms with van der Waals surface area (Å²) in [5.41, 5.74) is 2.72. The van der Waals surface area contributed by atoms with Crippen LogP contribution < -0.4 is 20.1 Å². The molecule has 2 aliphatic rings. The molecule has 1 aromatic heterocycles. The van der Waals surface area contributed by atoms with E-state index in [1.807, 2.05) is 37.3 Å². The third kappa shape index (κ3) is 7.63. The number of ether oxygens (including phenoxy) is 2. The minimum atomic E-state index is -1.04. The van der Waals surface area contributed by atoms with E-state index in [-0.39, 0.29) is 30.1 Å². The Labute approximate surface area is 265 Å². The summed E-state index contributed by atoms with van der Waals surface area (Å²) in [7, 11) is 3.28. The van der Waals surface area contributed by atoms with Crippen LogP contribution in [-0.4, -0.2) is 47.7 Å². The molecule has 9 heteroatoms. The predicted molar refractivity (Wildman–Crippen MR) is 174 cm³/mol. The van der Waals surface area contributed by atoms with Crippen LogP contribution in [0, 0.1) is 18.8 Å². The first-order chi connectivity index (χ1) is 21.8. The van der Waals surface area contributed by atoms with Crippen LogP contribution in [0.15, 0.2) is 42.5 Å². The smallest absolute Gasteiger partial charge is 0.323 e. The van der Waals surface area contributed by atoms with Crippen molar-refractivity contribution in [2.24, 2.45) is 11.8 Å². The number of aryl methyl sites for hydroxylation is 1. The van der Waals surface area contributed by atoms with Crippen LogP contribution in [0.5, 0.6) is 11.5 Å². The van der Waals surface area contributed by atoms with Gasteiger partial charge in [-0.3, -0.25) is 14.4 Å².